The minimum absolute atomic E-state index is 0.0965. The van der Waals surface area contributed by atoms with Crippen LogP contribution in [0, 0.1) is 0 Å². The predicted molar refractivity (Wildman–Crippen MR) is 47.9 cm³/mol. The van der Waals surface area contributed by atoms with Gasteiger partial charge in [0.1, 0.15) is 12.0 Å². The van der Waals surface area contributed by atoms with Gasteiger partial charge < -0.3 is 9.63 Å². The summed E-state index contributed by atoms with van der Waals surface area (Å²) in [6.45, 7) is -0.0965. The SMILES string of the molecule is OCc1nocc1-c1ccccc1. The minimum atomic E-state index is -0.0965. The average molecular weight is 175 g/mol. The number of hydrogen-bond donors (Lipinski definition) is 1. The molecular weight excluding hydrogens is 166 g/mol. The van der Waals surface area contributed by atoms with E-state index in [1.165, 1.54) is 0 Å². The Balaban J connectivity index is 2.47. The Morgan fingerprint density at radius 3 is 2.69 bits per heavy atom. The van der Waals surface area contributed by atoms with Crippen LogP contribution < -0.4 is 0 Å². The highest BCUT2D eigenvalue weighted by Gasteiger charge is 2.07. The quantitative estimate of drug-likeness (QED) is 0.757. The molecule has 0 spiro atoms. The summed E-state index contributed by atoms with van der Waals surface area (Å²) >= 11 is 0. The van der Waals surface area contributed by atoms with Crippen LogP contribution in [-0.4, -0.2) is 10.3 Å². The first kappa shape index (κ1) is 8.01. The van der Waals surface area contributed by atoms with Crippen molar-refractivity contribution >= 4 is 0 Å². The predicted octanol–water partition coefficient (Wildman–Crippen LogP) is 1.83. The molecule has 0 radical (unpaired) electrons. The summed E-state index contributed by atoms with van der Waals surface area (Å²) in [5.74, 6) is 0. The number of rotatable bonds is 2. The zero-order valence-electron chi connectivity index (χ0n) is 6.97. The van der Waals surface area contributed by atoms with Crippen molar-refractivity contribution in [1.29, 1.82) is 0 Å². The van der Waals surface area contributed by atoms with Gasteiger partial charge in [-0.25, -0.2) is 0 Å². The summed E-state index contributed by atoms with van der Waals surface area (Å²) < 4.78 is 4.78. The number of aliphatic hydroxyl groups excluding tert-OH is 1. The van der Waals surface area contributed by atoms with Crippen molar-refractivity contribution in [2.24, 2.45) is 0 Å². The van der Waals surface area contributed by atoms with E-state index in [1.807, 2.05) is 30.3 Å². The van der Waals surface area contributed by atoms with Crippen LogP contribution in [0.25, 0.3) is 11.1 Å². The van der Waals surface area contributed by atoms with Crippen molar-refractivity contribution < 1.29 is 9.63 Å². The Bertz CT molecular complexity index is 381. The number of hydrogen-bond acceptors (Lipinski definition) is 3. The summed E-state index contributed by atoms with van der Waals surface area (Å²) in [6, 6.07) is 9.71. The van der Waals surface area contributed by atoms with E-state index >= 15 is 0 Å². The van der Waals surface area contributed by atoms with Crippen molar-refractivity contribution in [3.8, 4) is 11.1 Å². The molecule has 66 valence electrons. The summed E-state index contributed by atoms with van der Waals surface area (Å²) in [5.41, 5.74) is 2.43. The van der Waals surface area contributed by atoms with Crippen molar-refractivity contribution in [3.63, 3.8) is 0 Å². The number of benzene rings is 1. The molecule has 1 N–H and O–H groups in total. The van der Waals surface area contributed by atoms with Crippen LogP contribution in [0.3, 0.4) is 0 Å². The topological polar surface area (TPSA) is 46.3 Å². The van der Waals surface area contributed by atoms with Gasteiger partial charge in [-0.3, -0.25) is 0 Å². The van der Waals surface area contributed by atoms with Crippen LogP contribution in [0.5, 0.6) is 0 Å². The maximum absolute atomic E-state index is 8.95. The fourth-order valence-electron chi connectivity index (χ4n) is 1.23. The zero-order valence-corrected chi connectivity index (χ0v) is 6.97. The molecule has 0 aliphatic carbocycles. The van der Waals surface area contributed by atoms with Gasteiger partial charge in [0.15, 0.2) is 0 Å². The first-order chi connectivity index (χ1) is 6.42. The van der Waals surface area contributed by atoms with Crippen molar-refractivity contribution in [2.45, 2.75) is 6.61 Å². The Hall–Kier alpha value is -1.61. The monoisotopic (exact) mass is 175 g/mol. The minimum Gasteiger partial charge on any atom is -0.390 e. The second kappa shape index (κ2) is 3.41. The lowest BCUT2D eigenvalue weighted by Gasteiger charge is -1.96. The molecule has 1 heterocycles. The second-order valence-electron chi connectivity index (χ2n) is 2.70. The lowest BCUT2D eigenvalue weighted by atomic mass is 10.1. The van der Waals surface area contributed by atoms with Gasteiger partial charge in [0, 0.05) is 5.56 Å². The molecule has 0 aliphatic rings. The van der Waals surface area contributed by atoms with Gasteiger partial charge in [-0.15, -0.1) is 0 Å². The molecule has 0 fully saturated rings. The first-order valence-corrected chi connectivity index (χ1v) is 4.01. The van der Waals surface area contributed by atoms with Crippen molar-refractivity contribution in [2.75, 3.05) is 0 Å². The fourth-order valence-corrected chi connectivity index (χ4v) is 1.23. The molecule has 0 atom stereocenters. The zero-order chi connectivity index (χ0) is 9.10. The Kier molecular flexibility index (Phi) is 2.10. The summed E-state index contributed by atoms with van der Waals surface area (Å²) in [5, 5.41) is 12.6. The molecule has 1 aromatic heterocycles. The van der Waals surface area contributed by atoms with Crippen molar-refractivity contribution in [1.82, 2.24) is 5.16 Å². The standard InChI is InChI=1S/C10H9NO2/c12-6-10-9(7-13-11-10)8-4-2-1-3-5-8/h1-5,7,12H,6H2. The van der Waals surface area contributed by atoms with Crippen molar-refractivity contribution in [3.05, 3.63) is 42.3 Å². The van der Waals surface area contributed by atoms with Crippen LogP contribution in [0.1, 0.15) is 5.69 Å². The maximum Gasteiger partial charge on any atom is 0.132 e. The van der Waals surface area contributed by atoms with Gasteiger partial charge in [0.25, 0.3) is 0 Å². The summed E-state index contributed by atoms with van der Waals surface area (Å²) in [4.78, 5) is 0. The third-order valence-corrected chi connectivity index (χ3v) is 1.88. The molecule has 0 amide bonds. The molecule has 3 nitrogen and oxygen atoms in total. The number of nitrogens with zero attached hydrogens (tertiary/aromatic N) is 1. The second-order valence-corrected chi connectivity index (χ2v) is 2.70. The summed E-state index contributed by atoms with van der Waals surface area (Å²) in [7, 11) is 0. The van der Waals surface area contributed by atoms with Gasteiger partial charge >= 0.3 is 0 Å². The van der Waals surface area contributed by atoms with E-state index in [0.717, 1.165) is 11.1 Å². The van der Waals surface area contributed by atoms with E-state index in [2.05, 4.69) is 5.16 Å². The van der Waals surface area contributed by atoms with Crippen LogP contribution in [0.4, 0.5) is 0 Å². The van der Waals surface area contributed by atoms with Crippen LogP contribution in [0.2, 0.25) is 0 Å². The van der Waals surface area contributed by atoms with Crippen LogP contribution in [0.15, 0.2) is 41.1 Å². The van der Waals surface area contributed by atoms with E-state index in [1.54, 1.807) is 6.26 Å². The normalized spacial score (nSPS) is 10.2. The molecule has 0 bridgehead atoms. The molecule has 2 rings (SSSR count). The number of aliphatic hydroxyl groups is 1. The third-order valence-electron chi connectivity index (χ3n) is 1.88. The molecule has 1 aromatic carbocycles. The largest absolute Gasteiger partial charge is 0.390 e. The van der Waals surface area contributed by atoms with Gasteiger partial charge in [-0.1, -0.05) is 35.5 Å². The Morgan fingerprint density at radius 2 is 2.00 bits per heavy atom. The molecule has 0 aliphatic heterocycles. The van der Waals surface area contributed by atoms with E-state index in [4.69, 9.17) is 9.63 Å². The van der Waals surface area contributed by atoms with Gasteiger partial charge in [0.05, 0.1) is 6.61 Å². The van der Waals surface area contributed by atoms with Gasteiger partial charge in [-0.2, -0.15) is 0 Å². The van der Waals surface area contributed by atoms with Crippen LogP contribution >= 0.6 is 0 Å². The molecule has 0 unspecified atom stereocenters. The number of aromatic nitrogens is 1. The van der Waals surface area contributed by atoms with E-state index in [-0.39, 0.29) is 6.61 Å². The van der Waals surface area contributed by atoms with E-state index in [0.29, 0.717) is 5.69 Å². The highest BCUT2D eigenvalue weighted by atomic mass is 16.5. The highest BCUT2D eigenvalue weighted by Crippen LogP contribution is 2.22. The average Bonchev–Trinajstić information content (AvgIpc) is 2.67. The third kappa shape index (κ3) is 1.46. The van der Waals surface area contributed by atoms with Gasteiger partial charge in [0.2, 0.25) is 0 Å². The molecule has 0 saturated heterocycles. The van der Waals surface area contributed by atoms with E-state index < -0.39 is 0 Å². The van der Waals surface area contributed by atoms with Crippen LogP contribution in [-0.2, 0) is 6.61 Å². The Labute approximate surface area is 75.6 Å². The lowest BCUT2D eigenvalue weighted by molar-refractivity contribution is 0.267. The summed E-state index contributed by atoms with van der Waals surface area (Å²) in [6.07, 6.45) is 1.54. The lowest BCUT2D eigenvalue weighted by Crippen LogP contribution is -1.85. The molecule has 13 heavy (non-hydrogen) atoms. The molecule has 3 heteroatoms. The molecular formula is C10H9NO2. The van der Waals surface area contributed by atoms with Gasteiger partial charge in [-0.05, 0) is 5.56 Å². The molecule has 2 aromatic rings. The first-order valence-electron chi connectivity index (χ1n) is 4.01. The smallest absolute Gasteiger partial charge is 0.132 e. The highest BCUT2D eigenvalue weighted by molar-refractivity contribution is 5.64. The maximum atomic E-state index is 8.95. The van der Waals surface area contributed by atoms with E-state index in [9.17, 15) is 0 Å². The molecule has 0 saturated carbocycles. The Morgan fingerprint density at radius 1 is 1.23 bits per heavy atom. The fraction of sp³-hybridized carbons (Fsp3) is 0.100.